The average Bonchev–Trinajstić information content (AvgIpc) is 3.12. The zero-order valence-corrected chi connectivity index (χ0v) is 10.9. The molecule has 0 aromatic carbocycles. The van der Waals surface area contributed by atoms with Gasteiger partial charge >= 0.3 is 0 Å². The molecule has 4 nitrogen and oxygen atoms in total. The Kier molecular flexibility index (Phi) is 4.38. The second-order valence-electron chi connectivity index (χ2n) is 5.40. The maximum Gasteiger partial charge on any atom is 0.0967 e. The van der Waals surface area contributed by atoms with E-state index in [9.17, 15) is 0 Å². The van der Waals surface area contributed by atoms with Gasteiger partial charge in [0.1, 0.15) is 0 Å². The molecule has 1 saturated heterocycles. The molecule has 1 aliphatic heterocycles. The molecule has 1 N–H and O–H groups in total. The topological polar surface area (TPSA) is 48.3 Å². The zero-order chi connectivity index (χ0) is 12.3. The van der Waals surface area contributed by atoms with Crippen molar-refractivity contribution in [2.75, 3.05) is 19.7 Å². The first kappa shape index (κ1) is 12.8. The smallest absolute Gasteiger partial charge is 0.0967 e. The minimum atomic E-state index is 0.0212. The van der Waals surface area contributed by atoms with Crippen LogP contribution in [0.15, 0.2) is 0 Å². The lowest BCUT2D eigenvalue weighted by Crippen LogP contribution is -2.48. The molecule has 0 radical (unpaired) electrons. The molecule has 0 amide bonds. The Hall–Kier alpha value is -0.630. The molecular weight excluding hydrogens is 214 g/mol. The van der Waals surface area contributed by atoms with Gasteiger partial charge in [-0.2, -0.15) is 5.26 Å². The van der Waals surface area contributed by atoms with Crippen LogP contribution in [0.1, 0.15) is 33.1 Å². The summed E-state index contributed by atoms with van der Waals surface area (Å²) >= 11 is 0. The van der Waals surface area contributed by atoms with Crippen LogP contribution in [0.2, 0.25) is 0 Å². The molecule has 2 fully saturated rings. The van der Waals surface area contributed by atoms with Gasteiger partial charge in [0.25, 0.3) is 0 Å². The Morgan fingerprint density at radius 3 is 2.88 bits per heavy atom. The summed E-state index contributed by atoms with van der Waals surface area (Å²) in [5, 5.41) is 12.5. The molecule has 2 aliphatic rings. The largest absolute Gasteiger partial charge is 0.376 e. The first-order valence-corrected chi connectivity index (χ1v) is 6.70. The first-order chi connectivity index (χ1) is 8.19. The number of ether oxygens (including phenoxy) is 1. The third-order valence-corrected chi connectivity index (χ3v) is 3.61. The average molecular weight is 237 g/mol. The minimum absolute atomic E-state index is 0.0212. The van der Waals surface area contributed by atoms with Gasteiger partial charge < -0.3 is 4.74 Å². The molecule has 17 heavy (non-hydrogen) atoms. The maximum absolute atomic E-state index is 9.09. The van der Waals surface area contributed by atoms with Crippen LogP contribution in [-0.4, -0.2) is 48.8 Å². The molecule has 2 rings (SSSR count). The highest BCUT2D eigenvalue weighted by molar-refractivity contribution is 4.96. The third kappa shape index (κ3) is 3.95. The van der Waals surface area contributed by atoms with Crippen LogP contribution < -0.4 is 5.32 Å². The van der Waals surface area contributed by atoms with Gasteiger partial charge in [-0.25, -0.2) is 0 Å². The van der Waals surface area contributed by atoms with Gasteiger partial charge in [0, 0.05) is 25.2 Å². The molecule has 4 heteroatoms. The van der Waals surface area contributed by atoms with Crippen molar-refractivity contribution in [3.63, 3.8) is 0 Å². The Morgan fingerprint density at radius 1 is 1.47 bits per heavy atom. The van der Waals surface area contributed by atoms with E-state index in [1.165, 1.54) is 12.8 Å². The Bertz CT molecular complexity index is 285. The predicted molar refractivity (Wildman–Crippen MR) is 66.6 cm³/mol. The summed E-state index contributed by atoms with van der Waals surface area (Å²) in [5.74, 6) is 0. The number of morpholine rings is 1. The fraction of sp³-hybridized carbons (Fsp3) is 0.923. The monoisotopic (exact) mass is 237 g/mol. The number of nitriles is 1. The highest BCUT2D eigenvalue weighted by atomic mass is 16.5. The van der Waals surface area contributed by atoms with Gasteiger partial charge in [-0.1, -0.05) is 0 Å². The third-order valence-electron chi connectivity index (χ3n) is 3.61. The van der Waals surface area contributed by atoms with Gasteiger partial charge in [0.2, 0.25) is 0 Å². The van der Waals surface area contributed by atoms with Crippen molar-refractivity contribution in [2.45, 2.75) is 57.3 Å². The number of nitrogens with zero attached hydrogens (tertiary/aromatic N) is 2. The molecule has 3 atom stereocenters. The SMILES string of the molecule is CC1CN(CCC(C#N)NC2CC2)C(C)CO1. The summed E-state index contributed by atoms with van der Waals surface area (Å²) in [6.45, 7) is 7.11. The molecular formula is C13H23N3O. The number of hydrogen-bond acceptors (Lipinski definition) is 4. The fourth-order valence-corrected chi connectivity index (χ4v) is 2.30. The van der Waals surface area contributed by atoms with Crippen LogP contribution in [0.4, 0.5) is 0 Å². The van der Waals surface area contributed by atoms with Crippen molar-refractivity contribution in [2.24, 2.45) is 0 Å². The van der Waals surface area contributed by atoms with Crippen LogP contribution >= 0.6 is 0 Å². The van der Waals surface area contributed by atoms with E-state index in [4.69, 9.17) is 10.00 Å². The summed E-state index contributed by atoms with van der Waals surface area (Å²) < 4.78 is 5.61. The number of rotatable bonds is 5. The van der Waals surface area contributed by atoms with Gasteiger partial charge in [-0.15, -0.1) is 0 Å². The van der Waals surface area contributed by atoms with Gasteiger partial charge in [0.15, 0.2) is 0 Å². The fourth-order valence-electron chi connectivity index (χ4n) is 2.30. The summed E-state index contributed by atoms with van der Waals surface area (Å²) in [6, 6.07) is 3.48. The second kappa shape index (κ2) is 5.81. The molecule has 0 bridgehead atoms. The van der Waals surface area contributed by atoms with E-state index in [0.717, 1.165) is 26.1 Å². The summed E-state index contributed by atoms with van der Waals surface area (Å²) in [5.41, 5.74) is 0. The molecule has 0 aromatic heterocycles. The molecule has 1 aliphatic carbocycles. The van der Waals surface area contributed by atoms with Crippen molar-refractivity contribution in [1.29, 1.82) is 5.26 Å². The summed E-state index contributed by atoms with van der Waals surface area (Å²) in [4.78, 5) is 2.44. The first-order valence-electron chi connectivity index (χ1n) is 6.70. The minimum Gasteiger partial charge on any atom is -0.376 e. The predicted octanol–water partition coefficient (Wildman–Crippen LogP) is 1.13. The van der Waals surface area contributed by atoms with Crippen LogP contribution in [0.5, 0.6) is 0 Å². The van der Waals surface area contributed by atoms with Crippen LogP contribution in [0, 0.1) is 11.3 Å². The summed E-state index contributed by atoms with van der Waals surface area (Å²) in [7, 11) is 0. The van der Waals surface area contributed by atoms with E-state index in [-0.39, 0.29) is 6.04 Å². The molecule has 96 valence electrons. The quantitative estimate of drug-likeness (QED) is 0.778. The molecule has 1 heterocycles. The van der Waals surface area contributed by atoms with Crippen molar-refractivity contribution < 1.29 is 4.74 Å². The van der Waals surface area contributed by atoms with Crippen LogP contribution in [0.3, 0.4) is 0 Å². The van der Waals surface area contributed by atoms with E-state index in [1.807, 2.05) is 0 Å². The highest BCUT2D eigenvalue weighted by Gasteiger charge is 2.27. The van der Waals surface area contributed by atoms with Crippen molar-refractivity contribution in [3.05, 3.63) is 0 Å². The van der Waals surface area contributed by atoms with Crippen LogP contribution in [-0.2, 0) is 4.74 Å². The summed E-state index contributed by atoms with van der Waals surface area (Å²) in [6.07, 6.45) is 3.72. The van der Waals surface area contributed by atoms with Gasteiger partial charge in [-0.3, -0.25) is 10.2 Å². The van der Waals surface area contributed by atoms with Gasteiger partial charge in [-0.05, 0) is 33.1 Å². The lowest BCUT2D eigenvalue weighted by atomic mass is 10.1. The second-order valence-corrected chi connectivity index (χ2v) is 5.40. The molecule has 0 spiro atoms. The highest BCUT2D eigenvalue weighted by Crippen LogP contribution is 2.20. The Morgan fingerprint density at radius 2 is 2.24 bits per heavy atom. The molecule has 0 aromatic rings. The zero-order valence-electron chi connectivity index (χ0n) is 10.9. The van der Waals surface area contributed by atoms with E-state index < -0.39 is 0 Å². The van der Waals surface area contributed by atoms with E-state index in [1.54, 1.807) is 0 Å². The van der Waals surface area contributed by atoms with Crippen LogP contribution in [0.25, 0.3) is 0 Å². The number of nitrogens with one attached hydrogen (secondary N) is 1. The maximum atomic E-state index is 9.09. The van der Waals surface area contributed by atoms with E-state index in [2.05, 4.69) is 30.1 Å². The lowest BCUT2D eigenvalue weighted by Gasteiger charge is -2.37. The van der Waals surface area contributed by atoms with Gasteiger partial charge in [0.05, 0.1) is 24.8 Å². The normalized spacial score (nSPS) is 32.1. The molecule has 3 unspecified atom stereocenters. The van der Waals surface area contributed by atoms with E-state index in [0.29, 0.717) is 18.2 Å². The number of hydrogen-bond donors (Lipinski definition) is 1. The Labute approximate surface area is 104 Å². The Balaban J connectivity index is 1.73. The van der Waals surface area contributed by atoms with Crippen molar-refractivity contribution >= 4 is 0 Å². The van der Waals surface area contributed by atoms with Crippen molar-refractivity contribution in [3.8, 4) is 6.07 Å². The molecule has 1 saturated carbocycles. The van der Waals surface area contributed by atoms with Crippen molar-refractivity contribution in [1.82, 2.24) is 10.2 Å². The van der Waals surface area contributed by atoms with E-state index >= 15 is 0 Å². The lowest BCUT2D eigenvalue weighted by molar-refractivity contribution is -0.0498. The standard InChI is InChI=1S/C13H23N3O/c1-10-9-17-11(2)8-16(10)6-5-13(7-14)15-12-3-4-12/h10-13,15H,3-6,8-9H2,1-2H3.